The van der Waals surface area contributed by atoms with Gasteiger partial charge in [-0.1, -0.05) is 44.2 Å². The molecule has 3 aromatic rings. The molecule has 1 N–H and O–H groups in total. The van der Waals surface area contributed by atoms with Gasteiger partial charge in [0.1, 0.15) is 11.6 Å². The van der Waals surface area contributed by atoms with Crippen LogP contribution in [-0.4, -0.2) is 29.0 Å². The molecular weight excluding hydrogens is 437 g/mol. The number of ether oxygens (including phenoxy) is 1. The van der Waals surface area contributed by atoms with Crippen LogP contribution >= 0.6 is 0 Å². The van der Waals surface area contributed by atoms with Gasteiger partial charge >= 0.3 is 5.97 Å². The number of carboxylic acid groups (broad SMARTS) is 1. The van der Waals surface area contributed by atoms with E-state index >= 15 is 4.39 Å². The van der Waals surface area contributed by atoms with Gasteiger partial charge in [-0.15, -0.1) is 0 Å². The monoisotopic (exact) mass is 463 g/mol. The zero-order valence-corrected chi connectivity index (χ0v) is 19.5. The van der Waals surface area contributed by atoms with Gasteiger partial charge in [0.15, 0.2) is 0 Å². The van der Waals surface area contributed by atoms with Crippen molar-refractivity contribution >= 4 is 34.2 Å². The predicted molar refractivity (Wildman–Crippen MR) is 127 cm³/mol. The van der Waals surface area contributed by atoms with E-state index < -0.39 is 23.6 Å². The van der Waals surface area contributed by atoms with Crippen LogP contribution in [-0.2, 0) is 17.6 Å². The first-order chi connectivity index (χ1) is 16.1. The molecule has 0 saturated heterocycles. The van der Waals surface area contributed by atoms with Crippen LogP contribution < -0.4 is 9.64 Å². The lowest BCUT2D eigenvalue weighted by Crippen LogP contribution is -2.30. The number of nitrogens with zero attached hydrogens (tertiary/aromatic N) is 1. The van der Waals surface area contributed by atoms with Gasteiger partial charge in [-0.25, -0.2) is 9.29 Å². The molecule has 0 aliphatic carbocycles. The maximum Gasteiger partial charge on any atom is 0.307 e. The summed E-state index contributed by atoms with van der Waals surface area (Å²) in [5, 5.41) is 10.5. The highest BCUT2D eigenvalue weighted by atomic mass is 19.1. The maximum absolute atomic E-state index is 15.1. The molecule has 1 heterocycles. The van der Waals surface area contributed by atoms with Gasteiger partial charge in [0, 0.05) is 5.39 Å². The fourth-order valence-corrected chi connectivity index (χ4v) is 4.45. The second kappa shape index (κ2) is 8.89. The van der Waals surface area contributed by atoms with Crippen LogP contribution in [0.15, 0.2) is 42.5 Å². The minimum atomic E-state index is -1.10. The molecule has 34 heavy (non-hydrogen) atoms. The summed E-state index contributed by atoms with van der Waals surface area (Å²) in [7, 11) is 0. The third-order valence-corrected chi connectivity index (χ3v) is 5.68. The van der Waals surface area contributed by atoms with Crippen molar-refractivity contribution < 1.29 is 28.6 Å². The fourth-order valence-electron chi connectivity index (χ4n) is 4.45. The lowest BCUT2D eigenvalue weighted by Gasteiger charge is -2.19. The number of carboxylic acids is 1. The van der Waals surface area contributed by atoms with E-state index in [1.54, 1.807) is 0 Å². The molecule has 3 aromatic carbocycles. The van der Waals surface area contributed by atoms with Crippen molar-refractivity contribution in [2.45, 2.75) is 46.6 Å². The van der Waals surface area contributed by atoms with E-state index in [0.29, 0.717) is 12.2 Å². The van der Waals surface area contributed by atoms with Gasteiger partial charge < -0.3 is 9.84 Å². The maximum atomic E-state index is 15.1. The number of imide groups is 1. The zero-order valence-electron chi connectivity index (χ0n) is 19.5. The van der Waals surface area contributed by atoms with Gasteiger partial charge in [0.2, 0.25) is 0 Å². The molecule has 1 aliphatic heterocycles. The smallest absolute Gasteiger partial charge is 0.307 e. The van der Waals surface area contributed by atoms with E-state index in [4.69, 9.17) is 9.84 Å². The summed E-state index contributed by atoms with van der Waals surface area (Å²) in [5.74, 6) is -2.69. The third-order valence-electron chi connectivity index (χ3n) is 5.68. The molecule has 0 spiro atoms. The number of fused-ring (bicyclic) bond motifs is 2. The molecule has 0 unspecified atom stereocenters. The molecule has 0 aromatic heterocycles. The molecule has 4 rings (SSSR count). The Hall–Kier alpha value is -3.74. The Morgan fingerprint density at radius 2 is 1.65 bits per heavy atom. The Balaban J connectivity index is 1.96. The fraction of sp³-hybridized carbons (Fsp3) is 0.296. The van der Waals surface area contributed by atoms with Crippen molar-refractivity contribution in [1.82, 2.24) is 0 Å². The van der Waals surface area contributed by atoms with Crippen molar-refractivity contribution in [2.75, 3.05) is 4.90 Å². The molecule has 0 atom stereocenters. The summed E-state index contributed by atoms with van der Waals surface area (Å²) in [6.45, 7) is 7.73. The van der Waals surface area contributed by atoms with Gasteiger partial charge in [-0.05, 0) is 54.8 Å². The molecule has 7 heteroatoms. The summed E-state index contributed by atoms with van der Waals surface area (Å²) in [6.07, 6.45) is -0.0692. The van der Waals surface area contributed by atoms with Crippen LogP contribution in [0.5, 0.6) is 5.75 Å². The first kappa shape index (κ1) is 23.4. The molecule has 0 saturated carbocycles. The number of hydrogen-bond donors (Lipinski definition) is 1. The van der Waals surface area contributed by atoms with Gasteiger partial charge in [0.05, 0.1) is 29.3 Å². The van der Waals surface area contributed by atoms with Crippen molar-refractivity contribution in [3.05, 3.63) is 70.5 Å². The largest absolute Gasteiger partial charge is 0.489 e. The highest BCUT2D eigenvalue weighted by Crippen LogP contribution is 2.44. The molecule has 0 radical (unpaired) electrons. The molecule has 2 amide bonds. The van der Waals surface area contributed by atoms with Crippen molar-refractivity contribution in [3.63, 3.8) is 0 Å². The summed E-state index contributed by atoms with van der Waals surface area (Å²) in [6, 6.07) is 11.2. The first-order valence-electron chi connectivity index (χ1n) is 11.2. The van der Waals surface area contributed by atoms with Crippen LogP contribution in [0.2, 0.25) is 0 Å². The van der Waals surface area contributed by atoms with Crippen LogP contribution in [0.3, 0.4) is 0 Å². The quantitative estimate of drug-likeness (QED) is 0.475. The number of hydrogen-bond acceptors (Lipinski definition) is 4. The minimum Gasteiger partial charge on any atom is -0.489 e. The lowest BCUT2D eigenvalue weighted by molar-refractivity contribution is -0.136. The van der Waals surface area contributed by atoms with Gasteiger partial charge in [0.25, 0.3) is 11.8 Å². The average Bonchev–Trinajstić information content (AvgIpc) is 3.00. The second-order valence-electron chi connectivity index (χ2n) is 9.17. The van der Waals surface area contributed by atoms with Gasteiger partial charge in [-0.2, -0.15) is 0 Å². The Morgan fingerprint density at radius 1 is 1.00 bits per heavy atom. The van der Waals surface area contributed by atoms with E-state index in [0.717, 1.165) is 27.3 Å². The number of carbonyl (C=O) groups is 3. The minimum absolute atomic E-state index is 0.141. The standard InChI is InChI=1S/C27H26FNO5/c1-14(2)11-19-17-7-5-6-8-18(17)25(34-15(3)4)24-23(19)26(32)29(27(24)33)21-10-9-16(12-20(21)28)13-22(30)31/h5-10,12,14-15H,11,13H2,1-4H3,(H,30,31). The SMILES string of the molecule is CC(C)Cc1c2c(c(OC(C)C)c3ccccc13)C(=O)N(c1ccc(CC(=O)O)cc1F)C2=O. The molecule has 176 valence electrons. The normalized spacial score (nSPS) is 13.3. The summed E-state index contributed by atoms with van der Waals surface area (Å²) >= 11 is 0. The Bertz CT molecular complexity index is 1260. The molecule has 0 fully saturated rings. The number of halogens is 1. The summed E-state index contributed by atoms with van der Waals surface area (Å²) in [4.78, 5) is 39.2. The zero-order chi connectivity index (χ0) is 24.7. The molecule has 0 bridgehead atoms. The number of rotatable bonds is 7. The van der Waals surface area contributed by atoms with E-state index in [2.05, 4.69) is 0 Å². The number of amides is 2. The highest BCUT2D eigenvalue weighted by Gasteiger charge is 2.43. The van der Waals surface area contributed by atoms with Crippen LogP contribution in [0.4, 0.5) is 10.1 Å². The van der Waals surface area contributed by atoms with E-state index in [1.807, 2.05) is 52.0 Å². The number of carbonyl (C=O) groups excluding carboxylic acids is 2. The second-order valence-corrected chi connectivity index (χ2v) is 9.17. The molecular formula is C27H26FNO5. The lowest BCUT2D eigenvalue weighted by atomic mass is 9.89. The number of benzene rings is 3. The van der Waals surface area contributed by atoms with Crippen molar-refractivity contribution in [1.29, 1.82) is 0 Å². The first-order valence-corrected chi connectivity index (χ1v) is 11.2. The Morgan fingerprint density at radius 3 is 2.24 bits per heavy atom. The van der Waals surface area contributed by atoms with Gasteiger partial charge in [-0.3, -0.25) is 14.4 Å². The Kier molecular flexibility index (Phi) is 6.13. The molecule has 1 aliphatic rings. The number of aliphatic carboxylic acids is 1. The van der Waals surface area contributed by atoms with Crippen LogP contribution in [0, 0.1) is 11.7 Å². The van der Waals surface area contributed by atoms with E-state index in [-0.39, 0.29) is 40.8 Å². The average molecular weight is 464 g/mol. The van der Waals surface area contributed by atoms with Crippen molar-refractivity contribution in [3.8, 4) is 5.75 Å². The number of anilines is 1. The topological polar surface area (TPSA) is 83.9 Å². The van der Waals surface area contributed by atoms with E-state index in [9.17, 15) is 14.4 Å². The third kappa shape index (κ3) is 4.02. The van der Waals surface area contributed by atoms with Crippen LogP contribution in [0.1, 0.15) is 59.5 Å². The van der Waals surface area contributed by atoms with Crippen molar-refractivity contribution in [2.24, 2.45) is 5.92 Å². The summed E-state index contributed by atoms with van der Waals surface area (Å²) in [5.41, 5.74) is 1.14. The van der Waals surface area contributed by atoms with E-state index in [1.165, 1.54) is 12.1 Å². The highest BCUT2D eigenvalue weighted by molar-refractivity contribution is 6.37. The van der Waals surface area contributed by atoms with Crippen LogP contribution in [0.25, 0.3) is 10.8 Å². The predicted octanol–water partition coefficient (Wildman–Crippen LogP) is 5.39. The summed E-state index contributed by atoms with van der Waals surface area (Å²) < 4.78 is 21.1. The Labute approximate surface area is 196 Å². The molecule has 6 nitrogen and oxygen atoms in total.